The molecular formula is C7H14O4. The first-order valence-electron chi connectivity index (χ1n) is 3.64. The lowest BCUT2D eigenvalue weighted by Crippen LogP contribution is -2.15. The van der Waals surface area contributed by atoms with Gasteiger partial charge in [0.25, 0.3) is 0 Å². The smallest absolute Gasteiger partial charge is 0.305 e. The molecule has 0 radical (unpaired) electrons. The second-order valence-corrected chi connectivity index (χ2v) is 2.28. The van der Waals surface area contributed by atoms with Gasteiger partial charge in [-0.2, -0.15) is 0 Å². The van der Waals surface area contributed by atoms with Crippen LogP contribution < -0.4 is 0 Å². The van der Waals surface area contributed by atoms with E-state index >= 15 is 0 Å². The van der Waals surface area contributed by atoms with Crippen LogP contribution in [0.3, 0.4) is 0 Å². The van der Waals surface area contributed by atoms with Crippen LogP contribution in [0, 0.1) is 0 Å². The summed E-state index contributed by atoms with van der Waals surface area (Å²) in [5, 5.41) is 17.1. The second kappa shape index (κ2) is 6.12. The Morgan fingerprint density at radius 2 is 2.27 bits per heavy atom. The maximum atomic E-state index is 9.97. The number of rotatable bonds is 6. The lowest BCUT2D eigenvalue weighted by Gasteiger charge is -2.06. The van der Waals surface area contributed by atoms with Crippen molar-refractivity contribution in [3.05, 3.63) is 0 Å². The summed E-state index contributed by atoms with van der Waals surface area (Å²) in [6.07, 6.45) is 0.160. The van der Waals surface area contributed by atoms with Crippen molar-refractivity contribution < 1.29 is 19.7 Å². The van der Waals surface area contributed by atoms with Gasteiger partial charge in [-0.05, 0) is 6.42 Å². The molecule has 1 unspecified atom stereocenters. The fourth-order valence-electron chi connectivity index (χ4n) is 0.497. The molecule has 0 rings (SSSR count). The van der Waals surface area contributed by atoms with Gasteiger partial charge in [0.1, 0.15) is 0 Å². The SMILES string of the molecule is CCC(O)COCCC(=O)O. The van der Waals surface area contributed by atoms with Crippen molar-refractivity contribution in [1.29, 1.82) is 0 Å². The van der Waals surface area contributed by atoms with Crippen molar-refractivity contribution in [3.63, 3.8) is 0 Å². The predicted molar refractivity (Wildman–Crippen MR) is 39.4 cm³/mol. The lowest BCUT2D eigenvalue weighted by molar-refractivity contribution is -0.138. The highest BCUT2D eigenvalue weighted by Gasteiger charge is 2.01. The van der Waals surface area contributed by atoms with E-state index in [0.29, 0.717) is 6.42 Å². The number of hydrogen-bond donors (Lipinski definition) is 2. The van der Waals surface area contributed by atoms with E-state index in [1.165, 1.54) is 0 Å². The van der Waals surface area contributed by atoms with Gasteiger partial charge in [0.2, 0.25) is 0 Å². The van der Waals surface area contributed by atoms with Crippen molar-refractivity contribution >= 4 is 5.97 Å². The van der Waals surface area contributed by atoms with Crippen LogP contribution in [-0.2, 0) is 9.53 Å². The van der Waals surface area contributed by atoms with Gasteiger partial charge < -0.3 is 14.9 Å². The molecule has 0 aromatic heterocycles. The molecule has 0 saturated carbocycles. The Morgan fingerprint density at radius 3 is 2.73 bits per heavy atom. The van der Waals surface area contributed by atoms with E-state index in [1.807, 2.05) is 6.92 Å². The van der Waals surface area contributed by atoms with E-state index in [-0.39, 0.29) is 19.6 Å². The van der Waals surface area contributed by atoms with Crippen LogP contribution in [0.1, 0.15) is 19.8 Å². The van der Waals surface area contributed by atoms with Gasteiger partial charge in [0.05, 0.1) is 25.7 Å². The van der Waals surface area contributed by atoms with Crippen LogP contribution in [0.25, 0.3) is 0 Å². The van der Waals surface area contributed by atoms with Crippen LogP contribution in [0.15, 0.2) is 0 Å². The molecule has 66 valence electrons. The molecule has 0 aliphatic carbocycles. The van der Waals surface area contributed by atoms with E-state index in [1.54, 1.807) is 0 Å². The Kier molecular flexibility index (Phi) is 5.78. The average Bonchev–Trinajstić information content (AvgIpc) is 1.97. The first kappa shape index (κ1) is 10.4. The van der Waals surface area contributed by atoms with Gasteiger partial charge in [0, 0.05) is 0 Å². The van der Waals surface area contributed by atoms with E-state index < -0.39 is 12.1 Å². The number of carbonyl (C=O) groups is 1. The highest BCUT2D eigenvalue weighted by atomic mass is 16.5. The molecule has 0 aromatic rings. The fourth-order valence-corrected chi connectivity index (χ4v) is 0.497. The number of aliphatic carboxylic acids is 1. The molecule has 0 spiro atoms. The summed E-state index contributed by atoms with van der Waals surface area (Å²) >= 11 is 0. The van der Waals surface area contributed by atoms with Gasteiger partial charge in [-0.25, -0.2) is 0 Å². The molecule has 0 fully saturated rings. The number of hydrogen-bond acceptors (Lipinski definition) is 3. The third-order valence-electron chi connectivity index (χ3n) is 1.24. The van der Waals surface area contributed by atoms with Gasteiger partial charge in [-0.15, -0.1) is 0 Å². The van der Waals surface area contributed by atoms with Crippen molar-refractivity contribution in [3.8, 4) is 0 Å². The Bertz CT molecular complexity index is 113. The van der Waals surface area contributed by atoms with Crippen LogP contribution in [0.5, 0.6) is 0 Å². The minimum Gasteiger partial charge on any atom is -0.481 e. The van der Waals surface area contributed by atoms with Gasteiger partial charge in [-0.1, -0.05) is 6.92 Å². The normalized spacial score (nSPS) is 12.9. The summed E-state index contributed by atoms with van der Waals surface area (Å²) in [6.45, 7) is 2.24. The second-order valence-electron chi connectivity index (χ2n) is 2.28. The van der Waals surface area contributed by atoms with Crippen LogP contribution >= 0.6 is 0 Å². The van der Waals surface area contributed by atoms with Gasteiger partial charge in [-0.3, -0.25) is 4.79 Å². The lowest BCUT2D eigenvalue weighted by atomic mass is 10.3. The van der Waals surface area contributed by atoms with E-state index in [4.69, 9.17) is 14.9 Å². The zero-order valence-corrected chi connectivity index (χ0v) is 6.62. The minimum atomic E-state index is -0.879. The highest BCUT2D eigenvalue weighted by molar-refractivity contribution is 5.66. The molecule has 1 atom stereocenters. The third kappa shape index (κ3) is 7.29. The molecule has 0 aliphatic heterocycles. The van der Waals surface area contributed by atoms with Crippen LogP contribution in [-0.4, -0.2) is 35.5 Å². The van der Waals surface area contributed by atoms with Gasteiger partial charge >= 0.3 is 5.97 Å². The highest BCUT2D eigenvalue weighted by Crippen LogP contribution is 1.91. The molecule has 0 saturated heterocycles. The largest absolute Gasteiger partial charge is 0.481 e. The maximum Gasteiger partial charge on any atom is 0.305 e. The van der Waals surface area contributed by atoms with Crippen molar-refractivity contribution in [2.45, 2.75) is 25.9 Å². The average molecular weight is 162 g/mol. The molecule has 4 nitrogen and oxygen atoms in total. The van der Waals surface area contributed by atoms with Crippen LogP contribution in [0.4, 0.5) is 0 Å². The molecule has 11 heavy (non-hydrogen) atoms. The van der Waals surface area contributed by atoms with Crippen molar-refractivity contribution in [2.24, 2.45) is 0 Å². The first-order chi connectivity index (χ1) is 5.16. The summed E-state index contributed by atoms with van der Waals surface area (Å²) in [5.41, 5.74) is 0. The Morgan fingerprint density at radius 1 is 1.64 bits per heavy atom. The molecule has 0 aliphatic rings. The molecule has 0 aromatic carbocycles. The Balaban J connectivity index is 3.08. The fraction of sp³-hybridized carbons (Fsp3) is 0.857. The third-order valence-corrected chi connectivity index (χ3v) is 1.24. The molecule has 4 heteroatoms. The molecular weight excluding hydrogens is 148 g/mol. The molecule has 0 amide bonds. The number of carboxylic acid groups (broad SMARTS) is 1. The Hall–Kier alpha value is -0.610. The van der Waals surface area contributed by atoms with Crippen molar-refractivity contribution in [2.75, 3.05) is 13.2 Å². The predicted octanol–water partition coefficient (Wildman–Crippen LogP) is 0.249. The molecule has 2 N–H and O–H groups in total. The number of aliphatic hydroxyl groups excluding tert-OH is 1. The minimum absolute atomic E-state index is 0.00354. The molecule has 0 heterocycles. The molecule has 0 bridgehead atoms. The zero-order chi connectivity index (χ0) is 8.69. The first-order valence-corrected chi connectivity index (χ1v) is 3.64. The summed E-state index contributed by atoms with van der Waals surface area (Å²) in [6, 6.07) is 0. The number of ether oxygens (including phenoxy) is 1. The monoisotopic (exact) mass is 162 g/mol. The van der Waals surface area contributed by atoms with Gasteiger partial charge in [0.15, 0.2) is 0 Å². The van der Waals surface area contributed by atoms with Crippen molar-refractivity contribution in [1.82, 2.24) is 0 Å². The maximum absolute atomic E-state index is 9.97. The van der Waals surface area contributed by atoms with E-state index in [9.17, 15) is 4.79 Å². The number of carboxylic acids is 1. The summed E-state index contributed by atoms with van der Waals surface area (Å²) in [4.78, 5) is 9.97. The summed E-state index contributed by atoms with van der Waals surface area (Å²) in [5.74, 6) is -0.879. The topological polar surface area (TPSA) is 66.8 Å². The Labute approximate surface area is 65.8 Å². The standard InChI is InChI=1S/C7H14O4/c1-2-6(8)5-11-4-3-7(9)10/h6,8H,2-5H2,1H3,(H,9,10). The van der Waals surface area contributed by atoms with E-state index in [2.05, 4.69) is 0 Å². The summed E-state index contributed by atoms with van der Waals surface area (Å²) < 4.78 is 4.87. The quantitative estimate of drug-likeness (QED) is 0.549. The number of aliphatic hydroxyl groups is 1. The van der Waals surface area contributed by atoms with E-state index in [0.717, 1.165) is 0 Å². The zero-order valence-electron chi connectivity index (χ0n) is 6.62. The van der Waals surface area contributed by atoms with Crippen LogP contribution in [0.2, 0.25) is 0 Å². The summed E-state index contributed by atoms with van der Waals surface area (Å²) in [7, 11) is 0.